The van der Waals surface area contributed by atoms with Gasteiger partial charge < -0.3 is 14.6 Å². The molecule has 1 amide bonds. The summed E-state index contributed by atoms with van der Waals surface area (Å²) in [5.74, 6) is 0.138. The second-order valence-corrected chi connectivity index (χ2v) is 4.93. The summed E-state index contributed by atoms with van der Waals surface area (Å²) in [5, 5.41) is 3.26. The van der Waals surface area contributed by atoms with Gasteiger partial charge in [0, 0.05) is 26.6 Å². The SMILES string of the molecule is CN(C(=O)C1Cc2nc[nH]c2CN1)C1CCOC1. The van der Waals surface area contributed by atoms with Crippen LogP contribution in [0.25, 0.3) is 0 Å². The van der Waals surface area contributed by atoms with Gasteiger partial charge in [0.05, 0.1) is 36.4 Å². The number of carbonyl (C=O) groups is 1. The van der Waals surface area contributed by atoms with E-state index in [0.29, 0.717) is 19.6 Å². The first-order valence-electron chi connectivity index (χ1n) is 6.34. The molecule has 0 aliphatic carbocycles. The predicted molar refractivity (Wildman–Crippen MR) is 64.9 cm³/mol. The number of imidazole rings is 1. The van der Waals surface area contributed by atoms with Crippen LogP contribution >= 0.6 is 0 Å². The number of nitrogens with one attached hydrogen (secondary N) is 2. The molecule has 2 aliphatic heterocycles. The summed E-state index contributed by atoms with van der Waals surface area (Å²) >= 11 is 0. The molecule has 1 aromatic rings. The Morgan fingerprint density at radius 1 is 1.61 bits per heavy atom. The molecule has 3 heterocycles. The molecule has 6 nitrogen and oxygen atoms in total. The van der Waals surface area contributed by atoms with Crippen LogP contribution in [0, 0.1) is 0 Å². The molecule has 98 valence electrons. The minimum Gasteiger partial charge on any atom is -0.379 e. The van der Waals surface area contributed by atoms with Crippen LogP contribution in [0.4, 0.5) is 0 Å². The van der Waals surface area contributed by atoms with E-state index in [1.165, 1.54) is 0 Å². The van der Waals surface area contributed by atoms with Gasteiger partial charge in [0.2, 0.25) is 5.91 Å². The molecule has 2 unspecified atom stereocenters. The number of rotatable bonds is 2. The van der Waals surface area contributed by atoms with Crippen molar-refractivity contribution in [2.45, 2.75) is 31.5 Å². The third-order valence-electron chi connectivity index (χ3n) is 3.83. The number of hydrogen-bond donors (Lipinski definition) is 2. The largest absolute Gasteiger partial charge is 0.379 e. The van der Waals surface area contributed by atoms with Gasteiger partial charge in [0.1, 0.15) is 0 Å². The average Bonchev–Trinajstić information content (AvgIpc) is 3.06. The smallest absolute Gasteiger partial charge is 0.240 e. The lowest BCUT2D eigenvalue weighted by molar-refractivity contribution is -0.134. The first-order valence-corrected chi connectivity index (χ1v) is 6.34. The number of nitrogens with zero attached hydrogens (tertiary/aromatic N) is 2. The third-order valence-corrected chi connectivity index (χ3v) is 3.83. The summed E-state index contributed by atoms with van der Waals surface area (Å²) in [4.78, 5) is 21.5. The summed E-state index contributed by atoms with van der Waals surface area (Å²) in [7, 11) is 1.86. The zero-order valence-corrected chi connectivity index (χ0v) is 10.5. The number of carbonyl (C=O) groups excluding carboxylic acids is 1. The fourth-order valence-electron chi connectivity index (χ4n) is 2.60. The van der Waals surface area contributed by atoms with Gasteiger partial charge in [-0.3, -0.25) is 10.1 Å². The van der Waals surface area contributed by atoms with Gasteiger partial charge in [-0.15, -0.1) is 0 Å². The van der Waals surface area contributed by atoms with Crippen LogP contribution in [0.3, 0.4) is 0 Å². The fraction of sp³-hybridized carbons (Fsp3) is 0.667. The number of amides is 1. The molecule has 0 aromatic carbocycles. The molecule has 0 bridgehead atoms. The van der Waals surface area contributed by atoms with Gasteiger partial charge in [-0.1, -0.05) is 0 Å². The zero-order chi connectivity index (χ0) is 12.5. The van der Waals surface area contributed by atoms with Crippen LogP contribution < -0.4 is 5.32 Å². The molecule has 2 N–H and O–H groups in total. The summed E-state index contributed by atoms with van der Waals surface area (Å²) < 4.78 is 5.33. The number of likely N-dealkylation sites (N-methyl/N-ethyl adjacent to an activating group) is 1. The molecule has 6 heteroatoms. The minimum absolute atomic E-state index is 0.138. The highest BCUT2D eigenvalue weighted by Crippen LogP contribution is 2.16. The van der Waals surface area contributed by atoms with Gasteiger partial charge in [-0.05, 0) is 6.42 Å². The monoisotopic (exact) mass is 250 g/mol. The van der Waals surface area contributed by atoms with E-state index in [-0.39, 0.29) is 18.0 Å². The molecular formula is C12H18N4O2. The molecule has 3 rings (SSSR count). The molecule has 2 atom stereocenters. The summed E-state index contributed by atoms with van der Waals surface area (Å²) in [5.41, 5.74) is 2.09. The van der Waals surface area contributed by atoms with Crippen molar-refractivity contribution >= 4 is 5.91 Å². The van der Waals surface area contributed by atoms with E-state index < -0.39 is 0 Å². The Bertz CT molecular complexity index is 439. The molecule has 1 aromatic heterocycles. The number of fused-ring (bicyclic) bond motifs is 1. The van der Waals surface area contributed by atoms with Crippen molar-refractivity contribution in [3.05, 3.63) is 17.7 Å². The number of H-pyrrole nitrogens is 1. The van der Waals surface area contributed by atoms with E-state index in [4.69, 9.17) is 4.74 Å². The molecule has 0 saturated carbocycles. The van der Waals surface area contributed by atoms with E-state index in [1.807, 2.05) is 11.9 Å². The van der Waals surface area contributed by atoms with Crippen molar-refractivity contribution in [3.8, 4) is 0 Å². The van der Waals surface area contributed by atoms with E-state index >= 15 is 0 Å². The van der Waals surface area contributed by atoms with Crippen molar-refractivity contribution in [1.82, 2.24) is 20.2 Å². The predicted octanol–water partition coefficient (Wildman–Crippen LogP) is -0.329. The molecule has 0 spiro atoms. The number of aromatic amines is 1. The minimum atomic E-state index is -0.161. The van der Waals surface area contributed by atoms with E-state index in [9.17, 15) is 4.79 Å². The zero-order valence-electron chi connectivity index (χ0n) is 10.5. The molecule has 18 heavy (non-hydrogen) atoms. The lowest BCUT2D eigenvalue weighted by atomic mass is 10.0. The van der Waals surface area contributed by atoms with Crippen LogP contribution in [0.5, 0.6) is 0 Å². The van der Waals surface area contributed by atoms with Gasteiger partial charge in [0.15, 0.2) is 0 Å². The van der Waals surface area contributed by atoms with Crippen molar-refractivity contribution in [3.63, 3.8) is 0 Å². The van der Waals surface area contributed by atoms with Crippen molar-refractivity contribution in [1.29, 1.82) is 0 Å². The highest BCUT2D eigenvalue weighted by atomic mass is 16.5. The molecule has 0 radical (unpaired) electrons. The second kappa shape index (κ2) is 4.70. The first kappa shape index (κ1) is 11.7. The Kier molecular flexibility index (Phi) is 3.05. The molecule has 1 fully saturated rings. The van der Waals surface area contributed by atoms with Gasteiger partial charge in [-0.2, -0.15) is 0 Å². The van der Waals surface area contributed by atoms with Crippen LogP contribution in [-0.4, -0.2) is 53.1 Å². The first-order chi connectivity index (χ1) is 8.75. The standard InChI is InChI=1S/C12H18N4O2/c1-16(8-2-3-18-6-8)12(17)10-4-9-11(5-13-10)15-7-14-9/h7-8,10,13H,2-6H2,1H3,(H,14,15). The lowest BCUT2D eigenvalue weighted by Gasteiger charge is -2.30. The maximum Gasteiger partial charge on any atom is 0.240 e. The second-order valence-electron chi connectivity index (χ2n) is 4.93. The van der Waals surface area contributed by atoms with Gasteiger partial charge in [-0.25, -0.2) is 4.98 Å². The van der Waals surface area contributed by atoms with E-state index in [2.05, 4.69) is 15.3 Å². The lowest BCUT2D eigenvalue weighted by Crippen LogP contribution is -2.51. The number of ether oxygens (including phenoxy) is 1. The summed E-state index contributed by atoms with van der Waals surface area (Å²) in [6.07, 6.45) is 3.28. The summed E-state index contributed by atoms with van der Waals surface area (Å²) in [6, 6.07) is 0.0614. The van der Waals surface area contributed by atoms with Crippen LogP contribution in [0.1, 0.15) is 17.8 Å². The van der Waals surface area contributed by atoms with Crippen molar-refractivity contribution in [2.24, 2.45) is 0 Å². The Morgan fingerprint density at radius 3 is 3.28 bits per heavy atom. The Balaban J connectivity index is 1.66. The molecular weight excluding hydrogens is 232 g/mol. The topological polar surface area (TPSA) is 70.2 Å². The fourth-order valence-corrected chi connectivity index (χ4v) is 2.60. The van der Waals surface area contributed by atoms with Crippen LogP contribution in [-0.2, 0) is 22.5 Å². The molecule has 1 saturated heterocycles. The average molecular weight is 250 g/mol. The highest BCUT2D eigenvalue weighted by Gasteiger charge is 2.32. The summed E-state index contributed by atoms with van der Waals surface area (Å²) in [6.45, 7) is 2.09. The quantitative estimate of drug-likeness (QED) is 0.754. The maximum absolute atomic E-state index is 12.4. The van der Waals surface area contributed by atoms with Crippen molar-refractivity contribution in [2.75, 3.05) is 20.3 Å². The maximum atomic E-state index is 12.4. The van der Waals surface area contributed by atoms with Crippen LogP contribution in [0.2, 0.25) is 0 Å². The normalized spacial score (nSPS) is 26.9. The third kappa shape index (κ3) is 2.02. The number of aromatic nitrogens is 2. The Labute approximate surface area is 106 Å². The van der Waals surface area contributed by atoms with Gasteiger partial charge in [0.25, 0.3) is 0 Å². The highest BCUT2D eigenvalue weighted by molar-refractivity contribution is 5.82. The Hall–Kier alpha value is -1.40. The van der Waals surface area contributed by atoms with Crippen LogP contribution in [0.15, 0.2) is 6.33 Å². The van der Waals surface area contributed by atoms with Crippen molar-refractivity contribution < 1.29 is 9.53 Å². The number of hydrogen-bond acceptors (Lipinski definition) is 4. The Morgan fingerprint density at radius 2 is 2.50 bits per heavy atom. The van der Waals surface area contributed by atoms with E-state index in [1.54, 1.807) is 6.33 Å². The molecule has 2 aliphatic rings. The van der Waals surface area contributed by atoms with E-state index in [0.717, 1.165) is 24.4 Å². The van der Waals surface area contributed by atoms with Gasteiger partial charge >= 0.3 is 0 Å².